The lowest BCUT2D eigenvalue weighted by molar-refractivity contribution is 0.0666. The van der Waals surface area contributed by atoms with E-state index in [0.717, 1.165) is 0 Å². The molecule has 114 valence electrons. The highest BCUT2D eigenvalue weighted by molar-refractivity contribution is 6.34. The van der Waals surface area contributed by atoms with Gasteiger partial charge >= 0.3 is 0 Å². The van der Waals surface area contributed by atoms with E-state index in [1.165, 1.54) is 0 Å². The van der Waals surface area contributed by atoms with Gasteiger partial charge in [-0.15, -0.1) is 0 Å². The molecule has 1 atom stereocenters. The van der Waals surface area contributed by atoms with Gasteiger partial charge in [0.2, 0.25) is 0 Å². The number of halogens is 2. The third-order valence-corrected chi connectivity index (χ3v) is 3.33. The quantitative estimate of drug-likeness (QED) is 0.575. The molecule has 7 heteroatoms. The predicted molar refractivity (Wildman–Crippen MR) is 78.5 cm³/mol. The number of hydrogen-bond donors (Lipinski definition) is 4. The van der Waals surface area contributed by atoms with E-state index in [2.05, 4.69) is 5.32 Å². The predicted octanol–water partition coefficient (Wildman–Crippen LogP) is 1.07. The molecule has 0 bridgehead atoms. The van der Waals surface area contributed by atoms with Crippen LogP contribution >= 0.6 is 23.2 Å². The molecule has 4 N–H and O–H groups in total. The first-order valence-corrected chi connectivity index (χ1v) is 6.88. The molecule has 0 radical (unpaired) electrons. The number of benzene rings is 1. The molecule has 1 unspecified atom stereocenters. The molecule has 1 aromatic carbocycles. The maximum atomic E-state index is 9.80. The van der Waals surface area contributed by atoms with E-state index in [1.807, 2.05) is 0 Å². The fraction of sp³-hybridized carbons (Fsp3) is 0.538. The summed E-state index contributed by atoms with van der Waals surface area (Å²) in [6, 6.07) is 4.82. The van der Waals surface area contributed by atoms with Crippen molar-refractivity contribution in [1.82, 2.24) is 5.32 Å². The number of β-amino-alcohol motifs (C(OH)–C–C–N with tert-alkyl or cyclic N) is 1. The summed E-state index contributed by atoms with van der Waals surface area (Å²) in [6.07, 6.45) is -0.817. The fourth-order valence-electron chi connectivity index (χ4n) is 1.36. The van der Waals surface area contributed by atoms with Crippen LogP contribution in [0.3, 0.4) is 0 Å². The van der Waals surface area contributed by atoms with Crippen molar-refractivity contribution in [1.29, 1.82) is 0 Å². The molecule has 0 amide bonds. The van der Waals surface area contributed by atoms with Gasteiger partial charge in [0, 0.05) is 17.6 Å². The normalized spacial score (nSPS) is 13.3. The number of aliphatic hydroxyl groups is 3. The zero-order chi connectivity index (χ0) is 15.2. The van der Waals surface area contributed by atoms with Gasteiger partial charge in [-0.1, -0.05) is 23.2 Å². The van der Waals surface area contributed by atoms with E-state index < -0.39 is 11.6 Å². The summed E-state index contributed by atoms with van der Waals surface area (Å²) in [5.74, 6) is 0.394. The van der Waals surface area contributed by atoms with Crippen molar-refractivity contribution < 1.29 is 20.1 Å². The summed E-state index contributed by atoms with van der Waals surface area (Å²) in [6.45, 7) is 1.35. The van der Waals surface area contributed by atoms with E-state index in [9.17, 15) is 5.11 Å². The maximum Gasteiger partial charge on any atom is 0.139 e. The third-order valence-electron chi connectivity index (χ3n) is 2.79. The van der Waals surface area contributed by atoms with Gasteiger partial charge in [0.25, 0.3) is 0 Å². The first kappa shape index (κ1) is 17.5. The van der Waals surface area contributed by atoms with Crippen LogP contribution in [0.4, 0.5) is 0 Å². The first-order chi connectivity index (χ1) is 9.40. The Hall–Kier alpha value is -0.560. The summed E-state index contributed by atoms with van der Waals surface area (Å²) in [5, 5.41) is 31.8. The molecule has 0 aliphatic heterocycles. The molecular formula is C13H19Cl2NO4. The number of hydrogen-bond acceptors (Lipinski definition) is 5. The van der Waals surface area contributed by atoms with Crippen molar-refractivity contribution >= 4 is 23.2 Å². The summed E-state index contributed by atoms with van der Waals surface area (Å²) in [7, 11) is 0. The summed E-state index contributed by atoms with van der Waals surface area (Å²) in [4.78, 5) is 0. The van der Waals surface area contributed by atoms with Crippen molar-refractivity contribution in [3.63, 3.8) is 0 Å². The van der Waals surface area contributed by atoms with Crippen LogP contribution in [0.2, 0.25) is 10.0 Å². The summed E-state index contributed by atoms with van der Waals surface area (Å²) in [5.41, 5.74) is -0.839. The van der Waals surface area contributed by atoms with Crippen molar-refractivity contribution in [3.05, 3.63) is 28.2 Å². The standard InChI is InChI=1S/C13H19Cl2NO4/c1-13(7-17,8-18)16-5-10(19)6-20-12-4-9(14)2-3-11(12)15/h2-4,10,16-19H,5-8H2,1H3. The van der Waals surface area contributed by atoms with Gasteiger partial charge < -0.3 is 25.4 Å². The molecule has 0 heterocycles. The highest BCUT2D eigenvalue weighted by Gasteiger charge is 2.22. The zero-order valence-corrected chi connectivity index (χ0v) is 12.7. The van der Waals surface area contributed by atoms with Gasteiger partial charge in [0.1, 0.15) is 18.5 Å². The molecule has 20 heavy (non-hydrogen) atoms. The van der Waals surface area contributed by atoms with E-state index in [0.29, 0.717) is 15.8 Å². The van der Waals surface area contributed by atoms with E-state index in [4.69, 9.17) is 38.2 Å². The first-order valence-electron chi connectivity index (χ1n) is 6.13. The summed E-state index contributed by atoms with van der Waals surface area (Å²) < 4.78 is 5.38. The number of aliphatic hydroxyl groups excluding tert-OH is 3. The highest BCUT2D eigenvalue weighted by atomic mass is 35.5. The van der Waals surface area contributed by atoms with Crippen molar-refractivity contribution in [2.45, 2.75) is 18.6 Å². The molecule has 0 fully saturated rings. The Labute approximate surface area is 128 Å². The zero-order valence-electron chi connectivity index (χ0n) is 11.1. The van der Waals surface area contributed by atoms with Crippen molar-refractivity contribution in [2.24, 2.45) is 0 Å². The smallest absolute Gasteiger partial charge is 0.139 e. The lowest BCUT2D eigenvalue weighted by Gasteiger charge is -2.27. The Morgan fingerprint density at radius 3 is 2.55 bits per heavy atom. The lowest BCUT2D eigenvalue weighted by Crippen LogP contribution is -2.52. The molecule has 5 nitrogen and oxygen atoms in total. The minimum atomic E-state index is -0.839. The van der Waals surface area contributed by atoms with Gasteiger partial charge in [0.15, 0.2) is 0 Å². The number of rotatable bonds is 8. The number of nitrogens with one attached hydrogen (secondary N) is 1. The van der Waals surface area contributed by atoms with Crippen LogP contribution in [-0.4, -0.2) is 53.3 Å². The Morgan fingerprint density at radius 2 is 1.95 bits per heavy atom. The Bertz CT molecular complexity index is 427. The van der Waals surface area contributed by atoms with Crippen LogP contribution in [0.5, 0.6) is 5.75 Å². The maximum absolute atomic E-state index is 9.80. The summed E-state index contributed by atoms with van der Waals surface area (Å²) >= 11 is 11.7. The second-order valence-electron chi connectivity index (χ2n) is 4.80. The monoisotopic (exact) mass is 323 g/mol. The minimum Gasteiger partial charge on any atom is -0.489 e. The SMILES string of the molecule is CC(CO)(CO)NCC(O)COc1cc(Cl)ccc1Cl. The lowest BCUT2D eigenvalue weighted by atomic mass is 10.1. The van der Waals surface area contributed by atoms with Gasteiger partial charge in [-0.25, -0.2) is 0 Å². The van der Waals surface area contributed by atoms with Gasteiger partial charge in [-0.3, -0.25) is 0 Å². The topological polar surface area (TPSA) is 82.0 Å². The Balaban J connectivity index is 2.43. The number of ether oxygens (including phenoxy) is 1. The van der Waals surface area contributed by atoms with Crippen LogP contribution in [-0.2, 0) is 0 Å². The molecular weight excluding hydrogens is 305 g/mol. The van der Waals surface area contributed by atoms with Gasteiger partial charge in [0.05, 0.1) is 23.8 Å². The molecule has 0 aliphatic rings. The van der Waals surface area contributed by atoms with Crippen LogP contribution in [0, 0.1) is 0 Å². The fourth-order valence-corrected chi connectivity index (χ4v) is 1.69. The second kappa shape index (κ2) is 8.02. The molecule has 1 aromatic rings. The van der Waals surface area contributed by atoms with E-state index in [1.54, 1.807) is 25.1 Å². The minimum absolute atomic E-state index is 0.0139. The average molecular weight is 324 g/mol. The molecule has 1 rings (SSSR count). The van der Waals surface area contributed by atoms with Crippen LogP contribution in [0.1, 0.15) is 6.92 Å². The van der Waals surface area contributed by atoms with Crippen LogP contribution in [0.15, 0.2) is 18.2 Å². The van der Waals surface area contributed by atoms with Crippen molar-refractivity contribution in [2.75, 3.05) is 26.4 Å². The van der Waals surface area contributed by atoms with Crippen LogP contribution < -0.4 is 10.1 Å². The van der Waals surface area contributed by atoms with Gasteiger partial charge in [-0.2, -0.15) is 0 Å². The molecule has 0 saturated carbocycles. The molecule has 0 saturated heterocycles. The third kappa shape index (κ3) is 5.44. The molecule has 0 spiro atoms. The second-order valence-corrected chi connectivity index (χ2v) is 5.64. The van der Waals surface area contributed by atoms with E-state index >= 15 is 0 Å². The highest BCUT2D eigenvalue weighted by Crippen LogP contribution is 2.27. The average Bonchev–Trinajstić information content (AvgIpc) is 2.45. The largest absolute Gasteiger partial charge is 0.489 e. The Kier molecular flexibility index (Phi) is 7.02. The van der Waals surface area contributed by atoms with Crippen molar-refractivity contribution in [3.8, 4) is 5.75 Å². The van der Waals surface area contributed by atoms with E-state index in [-0.39, 0.29) is 26.4 Å². The van der Waals surface area contributed by atoms with Crippen LogP contribution in [0.25, 0.3) is 0 Å². The Morgan fingerprint density at radius 1 is 1.30 bits per heavy atom. The van der Waals surface area contributed by atoms with Gasteiger partial charge in [-0.05, 0) is 19.1 Å². The molecule has 0 aromatic heterocycles. The molecule has 0 aliphatic carbocycles.